The lowest BCUT2D eigenvalue weighted by Crippen LogP contribution is -2.42. The quantitative estimate of drug-likeness (QED) is 0.555. The molecule has 0 aliphatic carbocycles. The number of carbonyl (C=O) groups is 1. The minimum Gasteiger partial charge on any atom is -0.365 e. The van der Waals surface area contributed by atoms with Gasteiger partial charge in [-0.3, -0.25) is 19.7 Å². The number of fused-ring (bicyclic) bond motifs is 2. The molecule has 2 aliphatic rings. The van der Waals surface area contributed by atoms with Crippen LogP contribution in [-0.2, 0) is 28.3 Å². The van der Waals surface area contributed by atoms with E-state index in [1.54, 1.807) is 12.3 Å². The molecule has 0 radical (unpaired) electrons. The molecule has 176 valence electrons. The lowest BCUT2D eigenvalue weighted by Gasteiger charge is -2.39. The van der Waals surface area contributed by atoms with Gasteiger partial charge in [-0.15, -0.1) is 0 Å². The van der Waals surface area contributed by atoms with Crippen molar-refractivity contribution in [1.29, 1.82) is 0 Å². The molecule has 5 rings (SSSR count). The second-order valence-corrected chi connectivity index (χ2v) is 9.53. The van der Waals surface area contributed by atoms with E-state index in [4.69, 9.17) is 16.3 Å². The molecule has 2 aromatic heterocycles. The number of ether oxygens (including phenoxy) is 1. The van der Waals surface area contributed by atoms with Crippen molar-refractivity contribution >= 4 is 17.5 Å². The molecule has 1 atom stereocenters. The topological polar surface area (TPSA) is 67.4 Å². The maximum atomic E-state index is 12.2. The zero-order chi connectivity index (χ0) is 23.5. The lowest BCUT2D eigenvalue weighted by atomic mass is 9.84. The number of carbonyl (C=O) groups excluding carboxylic acids is 1. The summed E-state index contributed by atoms with van der Waals surface area (Å²) in [5.41, 5.74) is 5.40. The third-order valence-corrected chi connectivity index (χ3v) is 7.19. The van der Waals surface area contributed by atoms with Crippen molar-refractivity contribution < 1.29 is 9.53 Å². The van der Waals surface area contributed by atoms with E-state index in [0.29, 0.717) is 18.1 Å². The van der Waals surface area contributed by atoms with Crippen molar-refractivity contribution in [2.45, 2.75) is 51.0 Å². The zero-order valence-electron chi connectivity index (χ0n) is 19.3. The predicted octanol–water partition coefficient (Wildman–Crippen LogP) is 4.77. The summed E-state index contributed by atoms with van der Waals surface area (Å²) >= 11 is 6.01. The fourth-order valence-electron chi connectivity index (χ4n) is 4.96. The number of rotatable bonds is 6. The number of piperidine rings is 1. The van der Waals surface area contributed by atoms with Gasteiger partial charge in [0.25, 0.3) is 0 Å². The number of amides is 1. The average Bonchev–Trinajstić information content (AvgIpc) is 3.23. The normalized spacial score (nSPS) is 17.9. The highest BCUT2D eigenvalue weighted by Gasteiger charge is 2.42. The van der Waals surface area contributed by atoms with E-state index >= 15 is 0 Å². The molecular weight excluding hydrogens is 448 g/mol. The van der Waals surface area contributed by atoms with Crippen LogP contribution in [0.25, 0.3) is 0 Å². The van der Waals surface area contributed by atoms with Crippen LogP contribution in [0.3, 0.4) is 0 Å². The van der Waals surface area contributed by atoms with Crippen LogP contribution in [0.4, 0.5) is 0 Å². The summed E-state index contributed by atoms with van der Waals surface area (Å²) in [6.45, 7) is 5.40. The van der Waals surface area contributed by atoms with Crippen molar-refractivity contribution in [2.24, 2.45) is 0 Å². The van der Waals surface area contributed by atoms with E-state index in [2.05, 4.69) is 50.5 Å². The molecule has 1 saturated heterocycles. The molecule has 0 bridgehead atoms. The van der Waals surface area contributed by atoms with Crippen LogP contribution in [-0.4, -0.2) is 33.9 Å². The van der Waals surface area contributed by atoms with Gasteiger partial charge in [0.05, 0.1) is 29.0 Å². The first-order valence-electron chi connectivity index (χ1n) is 11.9. The fourth-order valence-corrected chi connectivity index (χ4v) is 5.07. The number of benzene rings is 1. The van der Waals surface area contributed by atoms with Crippen molar-refractivity contribution in [3.63, 3.8) is 0 Å². The molecule has 0 unspecified atom stereocenters. The van der Waals surface area contributed by atoms with E-state index < -0.39 is 0 Å². The molecule has 2 aliphatic heterocycles. The third-order valence-electron chi connectivity index (χ3n) is 6.96. The highest BCUT2D eigenvalue weighted by Crippen LogP contribution is 2.43. The predicted molar refractivity (Wildman–Crippen MR) is 131 cm³/mol. The number of hydrogen-bond donors (Lipinski definition) is 1. The first-order chi connectivity index (χ1) is 16.6. The van der Waals surface area contributed by atoms with E-state index in [0.717, 1.165) is 43.7 Å². The van der Waals surface area contributed by atoms with Gasteiger partial charge in [-0.2, -0.15) is 0 Å². The first kappa shape index (κ1) is 23.0. The molecule has 3 aromatic rings. The summed E-state index contributed by atoms with van der Waals surface area (Å²) in [5, 5.41) is 3.66. The minimum atomic E-state index is -0.304. The Bertz CT molecular complexity index is 1140. The molecule has 6 nitrogen and oxygen atoms in total. The summed E-state index contributed by atoms with van der Waals surface area (Å²) in [5.74, 6) is -0.0148. The van der Waals surface area contributed by atoms with Gasteiger partial charge in [-0.05, 0) is 47.7 Å². The molecule has 1 spiro atoms. The second kappa shape index (κ2) is 9.82. The Hall–Kier alpha value is -2.80. The fraction of sp³-hybridized carbons (Fsp3) is 0.370. The van der Waals surface area contributed by atoms with Crippen LogP contribution in [0.15, 0.2) is 61.1 Å². The van der Waals surface area contributed by atoms with Crippen LogP contribution >= 0.6 is 11.6 Å². The number of hydrogen-bond acceptors (Lipinski definition) is 5. The van der Waals surface area contributed by atoms with Gasteiger partial charge in [-0.25, -0.2) is 0 Å². The largest absolute Gasteiger partial charge is 0.365 e. The van der Waals surface area contributed by atoms with E-state index in [-0.39, 0.29) is 17.6 Å². The van der Waals surface area contributed by atoms with Crippen LogP contribution in [0, 0.1) is 0 Å². The van der Waals surface area contributed by atoms with Crippen molar-refractivity contribution in [3.05, 3.63) is 94.0 Å². The maximum Gasteiger partial charge on any atom is 0.220 e. The Balaban J connectivity index is 1.25. The van der Waals surface area contributed by atoms with E-state index in [1.165, 1.54) is 16.7 Å². The van der Waals surface area contributed by atoms with Gasteiger partial charge in [0.1, 0.15) is 0 Å². The molecular formula is C27H29ClN4O2. The molecule has 1 fully saturated rings. The van der Waals surface area contributed by atoms with Crippen LogP contribution in [0.2, 0.25) is 5.02 Å². The van der Waals surface area contributed by atoms with E-state index in [1.807, 2.05) is 25.4 Å². The highest BCUT2D eigenvalue weighted by molar-refractivity contribution is 6.30. The number of halogens is 1. The number of aromatic nitrogens is 2. The monoisotopic (exact) mass is 476 g/mol. The third kappa shape index (κ3) is 4.71. The summed E-state index contributed by atoms with van der Waals surface area (Å²) in [4.78, 5) is 23.4. The smallest absolute Gasteiger partial charge is 0.220 e. The van der Waals surface area contributed by atoms with Crippen molar-refractivity contribution in [3.8, 4) is 0 Å². The van der Waals surface area contributed by atoms with Crippen LogP contribution in [0.5, 0.6) is 0 Å². The zero-order valence-corrected chi connectivity index (χ0v) is 20.1. The summed E-state index contributed by atoms with van der Waals surface area (Å²) in [6, 6.07) is 13.9. The molecule has 34 heavy (non-hydrogen) atoms. The SMILES string of the molecule is CCC(=O)N[C@@H](c1ccc(CN2CCC3(CC2)OCc2ccncc23)cc1)c1ccc(Cl)cn1. The van der Waals surface area contributed by atoms with E-state index in [9.17, 15) is 4.79 Å². The Morgan fingerprint density at radius 2 is 1.94 bits per heavy atom. The maximum absolute atomic E-state index is 12.2. The molecule has 1 amide bonds. The van der Waals surface area contributed by atoms with Gasteiger partial charge in [0.15, 0.2) is 0 Å². The van der Waals surface area contributed by atoms with Crippen LogP contribution in [0.1, 0.15) is 60.2 Å². The standard InChI is InChI=1S/C27H29ClN4O2/c1-2-25(33)31-26(24-8-7-22(28)15-30-24)20-5-3-19(4-6-20)17-32-13-10-27(11-14-32)23-16-29-12-9-21(23)18-34-27/h3-9,12,15-16,26H,2,10-11,13-14,17-18H2,1H3,(H,31,33)/t26-/m0/s1. The molecule has 1 aromatic carbocycles. The lowest BCUT2D eigenvalue weighted by molar-refractivity contribution is -0.121. The number of nitrogens with zero attached hydrogens (tertiary/aromatic N) is 3. The first-order valence-corrected chi connectivity index (χ1v) is 12.2. The second-order valence-electron chi connectivity index (χ2n) is 9.09. The highest BCUT2D eigenvalue weighted by atomic mass is 35.5. The Kier molecular flexibility index (Phi) is 6.63. The molecule has 1 N–H and O–H groups in total. The number of likely N-dealkylation sites (tertiary alicyclic amines) is 1. The number of nitrogens with one attached hydrogen (secondary N) is 1. The van der Waals surface area contributed by atoms with Gasteiger partial charge < -0.3 is 10.1 Å². The van der Waals surface area contributed by atoms with Gasteiger partial charge in [0.2, 0.25) is 5.91 Å². The molecule has 7 heteroatoms. The number of pyridine rings is 2. The Morgan fingerprint density at radius 1 is 1.15 bits per heavy atom. The Morgan fingerprint density at radius 3 is 2.65 bits per heavy atom. The Labute approximate surface area is 205 Å². The van der Waals surface area contributed by atoms with Gasteiger partial charge in [0, 0.05) is 50.2 Å². The minimum absolute atomic E-state index is 0.0148. The van der Waals surface area contributed by atoms with Crippen molar-refractivity contribution in [1.82, 2.24) is 20.2 Å². The van der Waals surface area contributed by atoms with Crippen LogP contribution < -0.4 is 5.32 Å². The molecule has 0 saturated carbocycles. The van der Waals surface area contributed by atoms with Gasteiger partial charge in [-0.1, -0.05) is 42.8 Å². The molecule has 4 heterocycles. The summed E-state index contributed by atoms with van der Waals surface area (Å²) < 4.78 is 6.27. The summed E-state index contributed by atoms with van der Waals surface area (Å²) in [6.07, 6.45) is 7.83. The average molecular weight is 477 g/mol. The summed E-state index contributed by atoms with van der Waals surface area (Å²) in [7, 11) is 0. The van der Waals surface area contributed by atoms with Crippen molar-refractivity contribution in [2.75, 3.05) is 13.1 Å². The van der Waals surface area contributed by atoms with Gasteiger partial charge >= 0.3 is 0 Å².